The molecule has 0 fully saturated rings. The van der Waals surface area contributed by atoms with Crippen LogP contribution in [-0.2, 0) is 11.3 Å². The predicted octanol–water partition coefficient (Wildman–Crippen LogP) is 0.457. The Bertz CT molecular complexity index is 796. The lowest BCUT2D eigenvalue weighted by molar-refractivity contribution is -0.895. The van der Waals surface area contributed by atoms with Gasteiger partial charge in [-0.15, -0.1) is 11.3 Å². The molecule has 0 aliphatic heterocycles. The van der Waals surface area contributed by atoms with Crippen LogP contribution in [0.25, 0.3) is 10.2 Å². The van der Waals surface area contributed by atoms with Crippen LogP contribution in [0.5, 0.6) is 0 Å². The maximum atomic E-state index is 12.7. The fraction of sp³-hybridized carbons (Fsp3) is 0.611. The summed E-state index contributed by atoms with van der Waals surface area (Å²) in [5.74, 6) is -0.127. The zero-order valence-electron chi connectivity index (χ0n) is 16.1. The molecule has 2 aromatic heterocycles. The normalized spacial score (nSPS) is 11.4. The van der Waals surface area contributed by atoms with E-state index in [0.29, 0.717) is 47.0 Å². The second-order valence-electron chi connectivity index (χ2n) is 6.14. The van der Waals surface area contributed by atoms with Crippen molar-refractivity contribution in [3.63, 3.8) is 0 Å². The summed E-state index contributed by atoms with van der Waals surface area (Å²) in [5.41, 5.74) is 0.594. The summed E-state index contributed by atoms with van der Waals surface area (Å²) < 4.78 is 6.85. The van der Waals surface area contributed by atoms with E-state index in [4.69, 9.17) is 4.74 Å². The lowest BCUT2D eigenvalue weighted by atomic mass is 10.2. The molecule has 0 unspecified atom stereocenters. The van der Waals surface area contributed by atoms with Gasteiger partial charge in [-0.2, -0.15) is 0 Å². The Morgan fingerprint density at radius 3 is 2.73 bits per heavy atom. The van der Waals surface area contributed by atoms with Crippen LogP contribution in [0.1, 0.15) is 36.0 Å². The summed E-state index contributed by atoms with van der Waals surface area (Å²) in [6.45, 7) is 13.1. The molecule has 2 heterocycles. The smallest absolute Gasteiger partial charge is 0.262 e. The van der Waals surface area contributed by atoms with Gasteiger partial charge in [-0.1, -0.05) is 0 Å². The topological polar surface area (TPSA) is 77.7 Å². The van der Waals surface area contributed by atoms with Crippen LogP contribution in [0.2, 0.25) is 0 Å². The van der Waals surface area contributed by atoms with Crippen LogP contribution in [0.15, 0.2) is 11.1 Å². The van der Waals surface area contributed by atoms with E-state index in [-0.39, 0.29) is 11.5 Å². The summed E-state index contributed by atoms with van der Waals surface area (Å²) in [7, 11) is 0. The number of hydrogen-bond acceptors (Lipinski definition) is 5. The minimum Gasteiger partial charge on any atom is -0.380 e. The van der Waals surface area contributed by atoms with Gasteiger partial charge in [0.2, 0.25) is 0 Å². The van der Waals surface area contributed by atoms with Crippen molar-refractivity contribution in [3.05, 3.63) is 27.1 Å². The third-order valence-corrected chi connectivity index (χ3v) is 5.77. The summed E-state index contributed by atoms with van der Waals surface area (Å²) in [6, 6.07) is 0. The molecule has 0 aliphatic carbocycles. The van der Waals surface area contributed by atoms with Gasteiger partial charge in [0.15, 0.2) is 0 Å². The van der Waals surface area contributed by atoms with Gasteiger partial charge >= 0.3 is 0 Å². The highest BCUT2D eigenvalue weighted by Crippen LogP contribution is 2.26. The molecular formula is C18H29N4O3S+. The van der Waals surface area contributed by atoms with Crippen LogP contribution in [0.4, 0.5) is 0 Å². The van der Waals surface area contributed by atoms with E-state index in [0.717, 1.165) is 19.6 Å². The number of rotatable bonds is 10. The minimum absolute atomic E-state index is 0.116. The minimum atomic E-state index is -0.127. The third-order valence-electron chi connectivity index (χ3n) is 4.57. The number of nitrogens with zero attached hydrogens (tertiary/aromatic N) is 2. The molecule has 7 nitrogen and oxygen atoms in total. The Kier molecular flexibility index (Phi) is 7.74. The highest BCUT2D eigenvalue weighted by Gasteiger charge is 2.19. The number of hydrogen-bond donors (Lipinski definition) is 2. The summed E-state index contributed by atoms with van der Waals surface area (Å²) in [5, 5.41) is 3.51. The van der Waals surface area contributed by atoms with Crippen molar-refractivity contribution < 1.29 is 14.4 Å². The van der Waals surface area contributed by atoms with E-state index in [2.05, 4.69) is 24.1 Å². The summed E-state index contributed by atoms with van der Waals surface area (Å²) >= 11 is 1.28. The monoisotopic (exact) mass is 381 g/mol. The van der Waals surface area contributed by atoms with Crippen LogP contribution in [-0.4, -0.2) is 54.9 Å². The lowest BCUT2D eigenvalue weighted by Gasteiger charge is -2.15. The summed E-state index contributed by atoms with van der Waals surface area (Å²) in [4.78, 5) is 32.2. The Morgan fingerprint density at radius 1 is 1.35 bits per heavy atom. The van der Waals surface area contributed by atoms with Crippen molar-refractivity contribution in [2.45, 2.75) is 34.2 Å². The molecule has 0 saturated carbocycles. The second kappa shape index (κ2) is 9.80. The molecule has 0 atom stereocenters. The number of ether oxygens (including phenoxy) is 1. The zero-order chi connectivity index (χ0) is 19.1. The van der Waals surface area contributed by atoms with Gasteiger partial charge in [0, 0.05) is 6.61 Å². The third kappa shape index (κ3) is 4.69. The van der Waals surface area contributed by atoms with E-state index in [1.165, 1.54) is 22.6 Å². The maximum Gasteiger partial charge on any atom is 0.262 e. The fourth-order valence-corrected chi connectivity index (χ4v) is 3.93. The first-order chi connectivity index (χ1) is 12.5. The predicted molar refractivity (Wildman–Crippen MR) is 104 cm³/mol. The van der Waals surface area contributed by atoms with Crippen molar-refractivity contribution in [1.29, 1.82) is 0 Å². The van der Waals surface area contributed by atoms with Gasteiger partial charge in [0.1, 0.15) is 4.83 Å². The standard InChI is InChI=1S/C18H28N4O3S/c1-5-21(6-2)9-8-19-16(23)15-13(4)14-17(26-15)20-12-22(18(14)24)10-11-25-7-3/h12H,5-11H2,1-4H3,(H,19,23)/p+1. The number of quaternary nitrogens is 1. The molecule has 0 spiro atoms. The van der Waals surface area contributed by atoms with Crippen LogP contribution in [0, 0.1) is 6.92 Å². The molecule has 0 saturated heterocycles. The van der Waals surface area contributed by atoms with Gasteiger partial charge in [0.05, 0.1) is 55.9 Å². The molecule has 8 heteroatoms. The molecule has 2 N–H and O–H groups in total. The average molecular weight is 382 g/mol. The molecular weight excluding hydrogens is 352 g/mol. The number of fused-ring (bicyclic) bond motifs is 1. The molecule has 2 rings (SSSR count). The van der Waals surface area contributed by atoms with Gasteiger partial charge in [0.25, 0.3) is 11.5 Å². The highest BCUT2D eigenvalue weighted by molar-refractivity contribution is 7.20. The number of aryl methyl sites for hydroxylation is 1. The zero-order valence-corrected chi connectivity index (χ0v) is 16.9. The van der Waals surface area contributed by atoms with Gasteiger partial charge in [-0.05, 0) is 33.3 Å². The quantitative estimate of drug-likeness (QED) is 0.586. The van der Waals surface area contributed by atoms with Crippen LogP contribution < -0.4 is 15.8 Å². The molecule has 0 aromatic carbocycles. The molecule has 0 bridgehead atoms. The maximum absolute atomic E-state index is 12.7. The van der Waals surface area contributed by atoms with E-state index >= 15 is 0 Å². The molecule has 0 radical (unpaired) electrons. The number of carbonyl (C=O) groups is 1. The largest absolute Gasteiger partial charge is 0.380 e. The van der Waals surface area contributed by atoms with E-state index in [1.807, 2.05) is 13.8 Å². The van der Waals surface area contributed by atoms with Crippen LogP contribution >= 0.6 is 11.3 Å². The Balaban J connectivity index is 2.16. The number of likely N-dealkylation sites (N-methyl/N-ethyl adjacent to an activating group) is 1. The Hall–Kier alpha value is -1.77. The second-order valence-corrected chi connectivity index (χ2v) is 7.14. The average Bonchev–Trinajstić information content (AvgIpc) is 2.98. The van der Waals surface area contributed by atoms with Gasteiger partial charge in [-0.3, -0.25) is 14.2 Å². The van der Waals surface area contributed by atoms with Crippen molar-refractivity contribution in [2.75, 3.05) is 39.4 Å². The van der Waals surface area contributed by atoms with Gasteiger partial charge in [-0.25, -0.2) is 4.98 Å². The molecule has 1 amide bonds. The Labute approximate surface area is 158 Å². The van der Waals surface area contributed by atoms with Gasteiger partial charge < -0.3 is 15.0 Å². The fourth-order valence-electron chi connectivity index (χ4n) is 2.88. The first-order valence-electron chi connectivity index (χ1n) is 9.21. The SMILES string of the molecule is CCOCCn1cnc2sc(C(=O)NCC[NH+](CC)CC)c(C)c2c1=O. The molecule has 2 aromatic rings. The number of carbonyl (C=O) groups excluding carboxylic acids is 1. The molecule has 0 aliphatic rings. The molecule has 144 valence electrons. The lowest BCUT2D eigenvalue weighted by Crippen LogP contribution is -3.12. The van der Waals surface area contributed by atoms with Crippen molar-refractivity contribution in [2.24, 2.45) is 0 Å². The first kappa shape index (κ1) is 20.5. The van der Waals surface area contributed by atoms with Crippen molar-refractivity contribution in [1.82, 2.24) is 14.9 Å². The number of thiophene rings is 1. The van der Waals surface area contributed by atoms with Crippen LogP contribution in [0.3, 0.4) is 0 Å². The number of nitrogens with one attached hydrogen (secondary N) is 2. The number of amides is 1. The van der Waals surface area contributed by atoms with E-state index in [9.17, 15) is 9.59 Å². The van der Waals surface area contributed by atoms with Crippen molar-refractivity contribution in [3.8, 4) is 0 Å². The number of aromatic nitrogens is 2. The Morgan fingerprint density at radius 2 is 2.08 bits per heavy atom. The van der Waals surface area contributed by atoms with E-state index in [1.54, 1.807) is 4.57 Å². The highest BCUT2D eigenvalue weighted by atomic mass is 32.1. The molecule has 26 heavy (non-hydrogen) atoms. The van der Waals surface area contributed by atoms with E-state index < -0.39 is 0 Å². The summed E-state index contributed by atoms with van der Waals surface area (Å²) in [6.07, 6.45) is 1.53. The first-order valence-corrected chi connectivity index (χ1v) is 10.0. The van der Waals surface area contributed by atoms with Crippen molar-refractivity contribution >= 4 is 27.5 Å².